The zero-order valence-corrected chi connectivity index (χ0v) is 20.4. The van der Waals surface area contributed by atoms with Crippen molar-refractivity contribution < 1.29 is 9.84 Å². The minimum Gasteiger partial charge on any atom is -0.396 e. The van der Waals surface area contributed by atoms with E-state index in [1.165, 1.54) is 25.7 Å². The number of hydrogen-bond donors (Lipinski definition) is 3. The molecule has 27 heavy (non-hydrogen) atoms. The van der Waals surface area contributed by atoms with Gasteiger partial charge in [-0.15, -0.1) is 24.0 Å². The summed E-state index contributed by atoms with van der Waals surface area (Å²) in [5, 5.41) is 16.2. The molecule has 0 bridgehead atoms. The Bertz CT molecular complexity index is 386. The zero-order chi connectivity index (χ0) is 19.3. The fraction of sp³-hybridized carbons (Fsp3) is 0.952. The molecule has 1 unspecified atom stereocenters. The van der Waals surface area contributed by atoms with Crippen molar-refractivity contribution in [2.24, 2.45) is 22.2 Å². The molecule has 0 spiro atoms. The maximum atomic E-state index is 9.32. The van der Waals surface area contributed by atoms with Gasteiger partial charge in [0.05, 0.1) is 0 Å². The summed E-state index contributed by atoms with van der Waals surface area (Å²) in [7, 11) is 0. The minimum atomic E-state index is 0. The van der Waals surface area contributed by atoms with Gasteiger partial charge in [0, 0.05) is 39.5 Å². The first-order valence-electron chi connectivity index (χ1n) is 10.8. The van der Waals surface area contributed by atoms with Gasteiger partial charge in [-0.05, 0) is 63.2 Å². The molecule has 1 aliphatic carbocycles. The van der Waals surface area contributed by atoms with Crippen LogP contribution in [-0.4, -0.2) is 50.5 Å². The third kappa shape index (κ3) is 11.5. The average Bonchev–Trinajstić information content (AvgIpc) is 3.06. The number of ether oxygens (including phenoxy) is 1. The Hall–Kier alpha value is -0.0800. The van der Waals surface area contributed by atoms with Crippen LogP contribution < -0.4 is 10.6 Å². The van der Waals surface area contributed by atoms with Crippen LogP contribution in [0.15, 0.2) is 4.99 Å². The molecule has 1 atom stereocenters. The summed E-state index contributed by atoms with van der Waals surface area (Å²) in [6, 6.07) is 0. The highest BCUT2D eigenvalue weighted by atomic mass is 127. The largest absolute Gasteiger partial charge is 0.396 e. The van der Waals surface area contributed by atoms with E-state index in [1.54, 1.807) is 0 Å². The second-order valence-electron chi connectivity index (χ2n) is 8.24. The number of guanidine groups is 1. The van der Waals surface area contributed by atoms with Crippen LogP contribution in [0.5, 0.6) is 0 Å². The van der Waals surface area contributed by atoms with Gasteiger partial charge in [-0.2, -0.15) is 0 Å². The van der Waals surface area contributed by atoms with Gasteiger partial charge >= 0.3 is 0 Å². The first-order chi connectivity index (χ1) is 12.5. The molecule has 0 saturated heterocycles. The van der Waals surface area contributed by atoms with Crippen LogP contribution in [0.3, 0.4) is 0 Å². The first kappa shape index (κ1) is 26.9. The van der Waals surface area contributed by atoms with Gasteiger partial charge in [0.1, 0.15) is 0 Å². The average molecular weight is 498 g/mol. The van der Waals surface area contributed by atoms with E-state index in [0.717, 1.165) is 58.1 Å². The van der Waals surface area contributed by atoms with Crippen molar-refractivity contribution in [2.45, 2.75) is 72.6 Å². The third-order valence-corrected chi connectivity index (χ3v) is 5.46. The second kappa shape index (κ2) is 15.8. The molecule has 0 aromatic heterocycles. The van der Waals surface area contributed by atoms with E-state index in [9.17, 15) is 5.11 Å². The minimum absolute atomic E-state index is 0. The molecule has 0 amide bonds. The molecule has 5 nitrogen and oxygen atoms in total. The lowest BCUT2D eigenvalue weighted by molar-refractivity contribution is 0.107. The standard InChI is InChI=1S/C21H43N3O2.HI/c1-5-22-20(23-16-19(9-13-25)15-18(3)4)24-17-21(10-7-8-11-21)12-14-26-6-2;/h18-19,25H,5-17H2,1-4H3,(H2,22,23,24);1H. The highest BCUT2D eigenvalue weighted by Crippen LogP contribution is 2.41. The molecule has 3 N–H and O–H groups in total. The van der Waals surface area contributed by atoms with Crippen molar-refractivity contribution in [3.8, 4) is 0 Å². The van der Waals surface area contributed by atoms with E-state index in [-0.39, 0.29) is 30.6 Å². The summed E-state index contributed by atoms with van der Waals surface area (Å²) in [6.07, 6.45) is 8.27. The van der Waals surface area contributed by atoms with Crippen molar-refractivity contribution >= 4 is 29.9 Å². The fourth-order valence-corrected chi connectivity index (χ4v) is 4.03. The highest BCUT2D eigenvalue weighted by Gasteiger charge is 2.33. The van der Waals surface area contributed by atoms with E-state index < -0.39 is 0 Å². The van der Waals surface area contributed by atoms with Crippen molar-refractivity contribution in [3.05, 3.63) is 0 Å². The molecule has 6 heteroatoms. The Kier molecular flexibility index (Phi) is 15.8. The van der Waals surface area contributed by atoms with Gasteiger partial charge in [0.25, 0.3) is 0 Å². The number of nitrogens with zero attached hydrogens (tertiary/aromatic N) is 1. The van der Waals surface area contributed by atoms with Gasteiger partial charge < -0.3 is 20.5 Å². The van der Waals surface area contributed by atoms with Crippen LogP contribution >= 0.6 is 24.0 Å². The monoisotopic (exact) mass is 497 g/mol. The number of rotatable bonds is 13. The van der Waals surface area contributed by atoms with Crippen LogP contribution in [0.4, 0.5) is 0 Å². The molecule has 0 aromatic rings. The van der Waals surface area contributed by atoms with E-state index >= 15 is 0 Å². The fourth-order valence-electron chi connectivity index (χ4n) is 4.03. The van der Waals surface area contributed by atoms with Gasteiger partial charge in [0.2, 0.25) is 0 Å². The van der Waals surface area contributed by atoms with Crippen LogP contribution in [0.2, 0.25) is 0 Å². The first-order valence-corrected chi connectivity index (χ1v) is 10.8. The van der Waals surface area contributed by atoms with Crippen LogP contribution in [0.1, 0.15) is 72.6 Å². The van der Waals surface area contributed by atoms with Gasteiger partial charge in [-0.1, -0.05) is 26.7 Å². The van der Waals surface area contributed by atoms with Crippen LogP contribution in [0.25, 0.3) is 0 Å². The molecule has 0 aromatic carbocycles. The van der Waals surface area contributed by atoms with E-state index in [4.69, 9.17) is 9.73 Å². The Morgan fingerprint density at radius 1 is 1.19 bits per heavy atom. The molecule has 1 rings (SSSR count). The second-order valence-corrected chi connectivity index (χ2v) is 8.24. The van der Waals surface area contributed by atoms with Crippen molar-refractivity contribution in [3.63, 3.8) is 0 Å². The number of aliphatic imine (C=N–C) groups is 1. The molecule has 162 valence electrons. The Morgan fingerprint density at radius 2 is 1.89 bits per heavy atom. The maximum Gasteiger partial charge on any atom is 0.191 e. The summed E-state index contributed by atoms with van der Waals surface area (Å²) >= 11 is 0. The molecular weight excluding hydrogens is 453 g/mol. The topological polar surface area (TPSA) is 65.9 Å². The molecule has 1 fully saturated rings. The number of hydrogen-bond acceptors (Lipinski definition) is 3. The third-order valence-electron chi connectivity index (χ3n) is 5.46. The molecule has 1 saturated carbocycles. The molecule has 0 radical (unpaired) electrons. The normalized spacial score (nSPS) is 17.6. The highest BCUT2D eigenvalue weighted by molar-refractivity contribution is 14.0. The number of aliphatic hydroxyl groups excluding tert-OH is 1. The Morgan fingerprint density at radius 3 is 2.44 bits per heavy atom. The van der Waals surface area contributed by atoms with Gasteiger partial charge in [-0.3, -0.25) is 4.99 Å². The predicted octanol–water partition coefficient (Wildman–Crippen LogP) is 4.19. The van der Waals surface area contributed by atoms with Crippen LogP contribution in [0, 0.1) is 17.3 Å². The quantitative estimate of drug-likeness (QED) is 0.155. The van der Waals surface area contributed by atoms with E-state index in [2.05, 4.69) is 38.3 Å². The number of aliphatic hydroxyl groups is 1. The van der Waals surface area contributed by atoms with E-state index in [1.807, 2.05) is 0 Å². The summed E-state index contributed by atoms with van der Waals surface area (Å²) in [6.45, 7) is 13.2. The summed E-state index contributed by atoms with van der Waals surface area (Å²) in [5.41, 5.74) is 0.319. The summed E-state index contributed by atoms with van der Waals surface area (Å²) < 4.78 is 5.61. The predicted molar refractivity (Wildman–Crippen MR) is 126 cm³/mol. The number of halogens is 1. The van der Waals surface area contributed by atoms with Gasteiger partial charge in [0.15, 0.2) is 5.96 Å². The summed E-state index contributed by atoms with van der Waals surface area (Å²) in [5.74, 6) is 2.05. The van der Waals surface area contributed by atoms with Gasteiger partial charge in [-0.25, -0.2) is 0 Å². The molecule has 1 aliphatic rings. The van der Waals surface area contributed by atoms with Crippen molar-refractivity contribution in [2.75, 3.05) is 39.5 Å². The summed E-state index contributed by atoms with van der Waals surface area (Å²) in [4.78, 5) is 4.93. The lowest BCUT2D eigenvalue weighted by Gasteiger charge is -2.28. The molecule has 0 heterocycles. The van der Waals surface area contributed by atoms with Crippen LogP contribution in [-0.2, 0) is 4.74 Å². The molecular formula is C21H44IN3O2. The lowest BCUT2D eigenvalue weighted by Crippen LogP contribution is -2.41. The van der Waals surface area contributed by atoms with Crippen molar-refractivity contribution in [1.82, 2.24) is 10.6 Å². The Balaban J connectivity index is 0.00000676. The maximum absolute atomic E-state index is 9.32. The molecule has 0 aliphatic heterocycles. The Labute approximate surface area is 184 Å². The van der Waals surface area contributed by atoms with Crippen molar-refractivity contribution in [1.29, 1.82) is 0 Å². The number of nitrogens with one attached hydrogen (secondary N) is 2. The van der Waals surface area contributed by atoms with E-state index in [0.29, 0.717) is 17.3 Å². The zero-order valence-electron chi connectivity index (χ0n) is 18.1. The SMILES string of the molecule is CCNC(=NCC1(CCOCC)CCCC1)NCC(CCO)CC(C)C.I. The smallest absolute Gasteiger partial charge is 0.191 e. The lowest BCUT2D eigenvalue weighted by atomic mass is 9.83.